The Morgan fingerprint density at radius 3 is 2.45 bits per heavy atom. The molecule has 1 atom stereocenters. The average molecular weight is 329 g/mol. The molecule has 0 aromatic carbocycles. The molecule has 0 fully saturated rings. The van der Waals surface area contributed by atoms with Gasteiger partial charge in [0.05, 0.1) is 0 Å². The van der Waals surface area contributed by atoms with Gasteiger partial charge in [0.25, 0.3) is 0 Å². The summed E-state index contributed by atoms with van der Waals surface area (Å²) >= 11 is 1.86. The topological polar surface area (TPSA) is 57.5 Å². The molecule has 0 saturated carbocycles. The molecule has 0 bridgehead atoms. The molecule has 0 aliphatic rings. The Balaban J connectivity index is 3.20. The van der Waals surface area contributed by atoms with Crippen molar-refractivity contribution >= 4 is 17.7 Å². The van der Waals surface area contributed by atoms with Gasteiger partial charge in [0.1, 0.15) is 6.10 Å². The number of aliphatic carboxylic acids is 1. The van der Waals surface area contributed by atoms with Crippen molar-refractivity contribution in [3.63, 3.8) is 0 Å². The largest absolute Gasteiger partial charge is 0.481 e. The number of unbranched alkanes of at least 4 members (excludes halogenated alkanes) is 6. The number of rotatable bonds is 14. The van der Waals surface area contributed by atoms with E-state index in [1.54, 1.807) is 0 Å². The van der Waals surface area contributed by atoms with Gasteiger partial charge in [-0.1, -0.05) is 44.9 Å². The van der Waals surface area contributed by atoms with Crippen LogP contribution in [-0.4, -0.2) is 33.8 Å². The normalized spacial score (nSPS) is 11.7. The van der Waals surface area contributed by atoms with Gasteiger partial charge in [-0.3, -0.25) is 4.79 Å². The lowest BCUT2D eigenvalue weighted by Crippen LogP contribution is -2.01. The Hall–Kier alpha value is -0.660. The van der Waals surface area contributed by atoms with Crippen LogP contribution < -0.4 is 0 Å². The van der Waals surface area contributed by atoms with Crippen LogP contribution in [0, 0.1) is 11.8 Å². The number of carboxylic acids is 1. The van der Waals surface area contributed by atoms with Gasteiger partial charge in [-0.2, -0.15) is 11.8 Å². The van der Waals surface area contributed by atoms with E-state index >= 15 is 0 Å². The molecule has 4 heteroatoms. The molecule has 2 N–H and O–H groups in total. The maximum atomic E-state index is 10.3. The second-order valence-corrected chi connectivity index (χ2v) is 6.83. The fourth-order valence-electron chi connectivity index (χ4n) is 2.03. The SMILES string of the molecule is CCCC[C@@H](O)C#CCCCCCCCSCCCC(=O)O. The Kier molecular flexibility index (Phi) is 16.2. The highest BCUT2D eigenvalue weighted by molar-refractivity contribution is 7.99. The summed E-state index contributed by atoms with van der Waals surface area (Å²) in [6.07, 6.45) is 10.5. The molecule has 0 aromatic rings. The summed E-state index contributed by atoms with van der Waals surface area (Å²) in [6.45, 7) is 2.12. The van der Waals surface area contributed by atoms with Gasteiger partial charge in [0, 0.05) is 12.8 Å². The van der Waals surface area contributed by atoms with Crippen LogP contribution in [0.25, 0.3) is 0 Å². The lowest BCUT2D eigenvalue weighted by molar-refractivity contribution is -0.137. The minimum Gasteiger partial charge on any atom is -0.481 e. The first kappa shape index (κ1) is 21.3. The zero-order valence-electron chi connectivity index (χ0n) is 14.0. The zero-order chi connectivity index (χ0) is 16.5. The highest BCUT2D eigenvalue weighted by Gasteiger charge is 1.97. The molecule has 128 valence electrons. The Morgan fingerprint density at radius 2 is 1.73 bits per heavy atom. The Bertz CT molecular complexity index is 320. The van der Waals surface area contributed by atoms with Gasteiger partial charge in [-0.15, -0.1) is 5.92 Å². The lowest BCUT2D eigenvalue weighted by atomic mass is 10.1. The van der Waals surface area contributed by atoms with Crippen molar-refractivity contribution in [1.29, 1.82) is 0 Å². The van der Waals surface area contributed by atoms with Gasteiger partial charge >= 0.3 is 5.97 Å². The summed E-state index contributed by atoms with van der Waals surface area (Å²) in [4.78, 5) is 10.3. The third kappa shape index (κ3) is 17.4. The van der Waals surface area contributed by atoms with E-state index in [9.17, 15) is 9.90 Å². The van der Waals surface area contributed by atoms with Crippen molar-refractivity contribution in [2.75, 3.05) is 11.5 Å². The first-order valence-electron chi connectivity index (χ1n) is 8.62. The predicted octanol–water partition coefficient (Wildman–Crippen LogP) is 4.48. The van der Waals surface area contributed by atoms with Crippen molar-refractivity contribution < 1.29 is 15.0 Å². The fraction of sp³-hybridized carbons (Fsp3) is 0.833. The summed E-state index contributed by atoms with van der Waals surface area (Å²) in [5, 5.41) is 18.1. The quantitative estimate of drug-likeness (QED) is 0.365. The standard InChI is InChI=1S/C18H32O3S/c1-2-3-12-17(19)13-9-7-5-4-6-8-10-15-22-16-11-14-18(20)21/h17,19H,2-8,10-12,14-16H2,1H3,(H,20,21)/t17-/m1/s1. The molecule has 0 amide bonds. The molecule has 0 saturated heterocycles. The summed E-state index contributed by atoms with van der Waals surface area (Å²) in [7, 11) is 0. The number of aliphatic hydroxyl groups excluding tert-OH is 1. The molecular weight excluding hydrogens is 296 g/mol. The molecular formula is C18H32O3S. The number of hydrogen-bond acceptors (Lipinski definition) is 3. The van der Waals surface area contributed by atoms with Gasteiger partial charge in [-0.25, -0.2) is 0 Å². The Morgan fingerprint density at radius 1 is 1.05 bits per heavy atom. The molecule has 0 aliphatic carbocycles. The van der Waals surface area contributed by atoms with Gasteiger partial charge in [-0.05, 0) is 37.2 Å². The van der Waals surface area contributed by atoms with Crippen molar-refractivity contribution in [3.8, 4) is 11.8 Å². The molecule has 0 rings (SSSR count). The van der Waals surface area contributed by atoms with Crippen LogP contribution >= 0.6 is 11.8 Å². The smallest absolute Gasteiger partial charge is 0.303 e. The van der Waals surface area contributed by atoms with E-state index in [1.165, 1.54) is 25.7 Å². The van der Waals surface area contributed by atoms with Crippen LogP contribution in [0.3, 0.4) is 0 Å². The van der Waals surface area contributed by atoms with Crippen molar-refractivity contribution in [2.45, 2.75) is 83.7 Å². The molecule has 0 spiro atoms. The molecule has 0 heterocycles. The predicted molar refractivity (Wildman–Crippen MR) is 95.2 cm³/mol. The summed E-state index contributed by atoms with van der Waals surface area (Å²) < 4.78 is 0. The minimum atomic E-state index is -0.693. The van der Waals surface area contributed by atoms with E-state index < -0.39 is 12.1 Å². The summed E-state index contributed by atoms with van der Waals surface area (Å²) in [6, 6.07) is 0. The highest BCUT2D eigenvalue weighted by Crippen LogP contribution is 2.11. The molecule has 0 aliphatic heterocycles. The van der Waals surface area contributed by atoms with E-state index in [1.807, 2.05) is 11.8 Å². The van der Waals surface area contributed by atoms with Crippen molar-refractivity contribution in [1.82, 2.24) is 0 Å². The van der Waals surface area contributed by atoms with E-state index in [2.05, 4.69) is 18.8 Å². The maximum absolute atomic E-state index is 10.3. The van der Waals surface area contributed by atoms with E-state index in [-0.39, 0.29) is 0 Å². The number of aliphatic hydroxyl groups is 1. The van der Waals surface area contributed by atoms with Gasteiger partial charge in [0.15, 0.2) is 0 Å². The van der Waals surface area contributed by atoms with E-state index in [0.29, 0.717) is 6.42 Å². The van der Waals surface area contributed by atoms with Crippen LogP contribution in [-0.2, 0) is 4.79 Å². The minimum absolute atomic E-state index is 0.293. The first-order valence-corrected chi connectivity index (χ1v) is 9.78. The van der Waals surface area contributed by atoms with Crippen LogP contribution in [0.1, 0.15) is 77.6 Å². The monoisotopic (exact) mass is 328 g/mol. The maximum Gasteiger partial charge on any atom is 0.303 e. The molecule has 3 nitrogen and oxygen atoms in total. The number of thioether (sulfide) groups is 1. The highest BCUT2D eigenvalue weighted by atomic mass is 32.2. The van der Waals surface area contributed by atoms with Crippen molar-refractivity contribution in [2.24, 2.45) is 0 Å². The van der Waals surface area contributed by atoms with Crippen molar-refractivity contribution in [3.05, 3.63) is 0 Å². The first-order chi connectivity index (χ1) is 10.7. The number of hydrogen-bond donors (Lipinski definition) is 2. The lowest BCUT2D eigenvalue weighted by Gasteiger charge is -2.01. The van der Waals surface area contributed by atoms with Gasteiger partial charge in [0.2, 0.25) is 0 Å². The van der Waals surface area contributed by atoms with E-state index in [4.69, 9.17) is 5.11 Å². The third-order valence-corrected chi connectivity index (χ3v) is 4.52. The zero-order valence-corrected chi connectivity index (χ0v) is 14.8. The summed E-state index contributed by atoms with van der Waals surface area (Å²) in [5.74, 6) is 7.40. The Labute approximate surface area is 140 Å². The van der Waals surface area contributed by atoms with Crippen LogP contribution in [0.4, 0.5) is 0 Å². The second-order valence-electron chi connectivity index (χ2n) is 5.61. The van der Waals surface area contributed by atoms with Crippen LogP contribution in [0.5, 0.6) is 0 Å². The van der Waals surface area contributed by atoms with Crippen LogP contribution in [0.2, 0.25) is 0 Å². The molecule has 0 unspecified atom stereocenters. The van der Waals surface area contributed by atoms with E-state index in [0.717, 1.165) is 50.0 Å². The summed E-state index contributed by atoms with van der Waals surface area (Å²) in [5.41, 5.74) is 0. The molecule has 22 heavy (non-hydrogen) atoms. The third-order valence-electron chi connectivity index (χ3n) is 3.37. The number of carboxylic acid groups (broad SMARTS) is 1. The molecule has 0 aromatic heterocycles. The molecule has 0 radical (unpaired) electrons. The average Bonchev–Trinajstić information content (AvgIpc) is 2.49. The van der Waals surface area contributed by atoms with Gasteiger partial charge < -0.3 is 10.2 Å². The van der Waals surface area contributed by atoms with Crippen LogP contribution in [0.15, 0.2) is 0 Å². The second kappa shape index (κ2) is 16.7. The number of carbonyl (C=O) groups is 1. The fourth-order valence-corrected chi connectivity index (χ4v) is 3.00.